The minimum atomic E-state index is -4.07. The van der Waals surface area contributed by atoms with Crippen molar-refractivity contribution in [2.45, 2.75) is 58.9 Å². The van der Waals surface area contributed by atoms with E-state index in [0.29, 0.717) is 58.9 Å². The molecular weight excluding hydrogens is 722 g/mol. The normalized spacial score (nSPS) is 14.3. The van der Waals surface area contributed by atoms with Gasteiger partial charge in [0, 0.05) is 24.3 Å². The Morgan fingerprint density at radius 1 is 0.870 bits per heavy atom. The van der Waals surface area contributed by atoms with Gasteiger partial charge in [-0.3, -0.25) is 9.11 Å². The second kappa shape index (κ2) is 15.9. The van der Waals surface area contributed by atoms with Gasteiger partial charge in [0.25, 0.3) is 26.1 Å². The lowest BCUT2D eigenvalue weighted by Crippen LogP contribution is -2.36. The third kappa shape index (κ3) is 9.09. The monoisotopic (exact) mass is 756 g/mol. The maximum atomic E-state index is 11.3. The SMILES string of the molecule is CCc1c(Cl)c(Cl)cc2c1N(CCCCS(=O)(=O)O)C(=CC=Cc1[nH]c3cc(Cl)c(Cl)c(CC)c3[n+]1CCCCS(=O)(=O)O)N2.[OH-]. The third-order valence-corrected chi connectivity index (χ3v) is 10.8. The first-order chi connectivity index (χ1) is 21.1. The summed E-state index contributed by atoms with van der Waals surface area (Å²) < 4.78 is 65.4. The van der Waals surface area contributed by atoms with Crippen LogP contribution >= 0.6 is 46.4 Å². The summed E-state index contributed by atoms with van der Waals surface area (Å²) in [5.41, 5.74) is 4.96. The van der Waals surface area contributed by atoms with Crippen LogP contribution in [0.2, 0.25) is 20.1 Å². The molecule has 0 fully saturated rings. The molecule has 1 aliphatic heterocycles. The van der Waals surface area contributed by atoms with Crippen LogP contribution in [0.4, 0.5) is 11.4 Å². The predicted octanol–water partition coefficient (Wildman–Crippen LogP) is 7.14. The highest BCUT2D eigenvalue weighted by atomic mass is 35.5. The molecule has 1 aliphatic rings. The van der Waals surface area contributed by atoms with Gasteiger partial charge >= 0.3 is 0 Å². The molecule has 4 rings (SSSR count). The summed E-state index contributed by atoms with van der Waals surface area (Å²) in [7, 11) is -8.14. The number of imidazole rings is 1. The van der Waals surface area contributed by atoms with Gasteiger partial charge in [0.05, 0.1) is 49.5 Å². The number of H-pyrrole nitrogens is 1. The van der Waals surface area contributed by atoms with Gasteiger partial charge in [-0.05, 0) is 56.2 Å². The summed E-state index contributed by atoms with van der Waals surface area (Å²) in [6.07, 6.45) is 8.34. The number of aryl methyl sites for hydroxylation is 2. The van der Waals surface area contributed by atoms with E-state index < -0.39 is 20.2 Å². The van der Waals surface area contributed by atoms with Crippen LogP contribution in [0.3, 0.4) is 0 Å². The fourth-order valence-electron chi connectivity index (χ4n) is 5.51. The minimum Gasteiger partial charge on any atom is -0.870 e. The van der Waals surface area contributed by atoms with Gasteiger partial charge in [0.1, 0.15) is 5.82 Å². The van der Waals surface area contributed by atoms with E-state index in [0.717, 1.165) is 45.2 Å². The molecule has 0 saturated carbocycles. The van der Waals surface area contributed by atoms with Crippen molar-refractivity contribution < 1.29 is 36.0 Å². The summed E-state index contributed by atoms with van der Waals surface area (Å²) in [5, 5.41) is 5.14. The number of fused-ring (bicyclic) bond motifs is 2. The van der Waals surface area contributed by atoms with E-state index in [1.165, 1.54) is 0 Å². The van der Waals surface area contributed by atoms with Crippen LogP contribution in [0.25, 0.3) is 17.1 Å². The van der Waals surface area contributed by atoms with E-state index >= 15 is 0 Å². The van der Waals surface area contributed by atoms with Crippen LogP contribution in [-0.2, 0) is 39.6 Å². The molecule has 0 aliphatic carbocycles. The topological polar surface area (TPSA) is 174 Å². The van der Waals surface area contributed by atoms with E-state index in [9.17, 15) is 25.9 Å². The molecule has 0 bridgehead atoms. The summed E-state index contributed by atoms with van der Waals surface area (Å²) in [6, 6.07) is 3.51. The van der Waals surface area contributed by atoms with Crippen LogP contribution in [0.1, 0.15) is 56.5 Å². The molecule has 0 saturated heterocycles. The number of aromatic amines is 1. The van der Waals surface area contributed by atoms with Crippen molar-refractivity contribution in [3.63, 3.8) is 0 Å². The maximum absolute atomic E-state index is 11.3. The summed E-state index contributed by atoms with van der Waals surface area (Å²) >= 11 is 26.0. The van der Waals surface area contributed by atoms with Crippen LogP contribution in [0, 0.1) is 0 Å². The molecule has 2 aromatic carbocycles. The number of allylic oxidation sites excluding steroid dienone is 2. The number of halogens is 4. The summed E-state index contributed by atoms with van der Waals surface area (Å²) in [6.45, 7) is 4.86. The quantitative estimate of drug-likeness (QED) is 0.0757. The number of anilines is 2. The number of unbranched alkanes of at least 4 members (excludes halogenated alkanes) is 2. The van der Waals surface area contributed by atoms with E-state index in [1.807, 2.05) is 41.5 Å². The zero-order chi connectivity index (χ0) is 33.1. The highest BCUT2D eigenvalue weighted by Gasteiger charge is 2.29. The summed E-state index contributed by atoms with van der Waals surface area (Å²) in [4.78, 5) is 5.42. The molecule has 0 amide bonds. The van der Waals surface area contributed by atoms with Crippen molar-refractivity contribution in [2.24, 2.45) is 0 Å². The smallest absolute Gasteiger partial charge is 0.280 e. The van der Waals surface area contributed by atoms with Gasteiger partial charge in [-0.25, -0.2) is 9.55 Å². The Bertz CT molecular complexity index is 1880. The van der Waals surface area contributed by atoms with Crippen molar-refractivity contribution in [1.29, 1.82) is 0 Å². The molecule has 11 nitrogen and oxygen atoms in total. The molecule has 3 aromatic rings. The predicted molar refractivity (Wildman–Crippen MR) is 185 cm³/mol. The molecule has 254 valence electrons. The van der Waals surface area contributed by atoms with Crippen molar-refractivity contribution in [2.75, 3.05) is 28.3 Å². The average Bonchev–Trinajstić information content (AvgIpc) is 3.46. The largest absolute Gasteiger partial charge is 0.870 e. The lowest BCUT2D eigenvalue weighted by molar-refractivity contribution is -0.673. The van der Waals surface area contributed by atoms with E-state index in [1.54, 1.807) is 12.1 Å². The Kier molecular flexibility index (Phi) is 13.3. The highest BCUT2D eigenvalue weighted by Crippen LogP contribution is 2.46. The first kappa shape index (κ1) is 38.4. The minimum absolute atomic E-state index is 0. The van der Waals surface area contributed by atoms with Crippen LogP contribution < -0.4 is 14.8 Å². The number of rotatable bonds is 14. The first-order valence-corrected chi connectivity index (χ1v) is 19.1. The maximum Gasteiger partial charge on any atom is 0.280 e. The Balaban J connectivity index is 0.00000576. The molecule has 0 atom stereocenters. The number of hydrogen-bond acceptors (Lipinski definition) is 7. The Morgan fingerprint density at radius 3 is 2.07 bits per heavy atom. The highest BCUT2D eigenvalue weighted by molar-refractivity contribution is 7.86. The standard InChI is InChI=1S/C29H34Cl4N4O6S2.H2O/c1-3-18-26(32)20(30)16-22-28(18)36(12-5-7-14-44(38,39)40)24(34-22)10-9-11-25-35-23-17-21(31)27(33)19(4-2)29(23)37(25)13-6-8-15-45(41,42)43;/h9-11,16-17H,3-8,12-15H2,1-2H3,(H3,34,35,38,39,40,41,42,43);1H2. The van der Waals surface area contributed by atoms with Crippen molar-refractivity contribution in [1.82, 2.24) is 4.98 Å². The summed E-state index contributed by atoms with van der Waals surface area (Å²) in [5.74, 6) is 0.774. The third-order valence-electron chi connectivity index (χ3n) is 7.50. The molecule has 0 radical (unpaired) electrons. The van der Waals surface area contributed by atoms with Crippen LogP contribution in [0.15, 0.2) is 30.1 Å². The number of hydrogen-bond donors (Lipinski definition) is 4. The molecule has 1 aromatic heterocycles. The number of nitrogens with one attached hydrogen (secondary N) is 2. The zero-order valence-electron chi connectivity index (χ0n) is 25.2. The average molecular weight is 759 g/mol. The fourth-order valence-corrected chi connectivity index (χ4v) is 7.65. The molecular formula is C29H36Cl4N4O7S2. The molecule has 2 heterocycles. The van der Waals surface area contributed by atoms with Gasteiger partial charge in [-0.2, -0.15) is 16.8 Å². The lowest BCUT2D eigenvalue weighted by Gasteiger charge is -2.22. The molecule has 17 heteroatoms. The second-order valence-corrected chi connectivity index (χ2v) is 15.4. The van der Waals surface area contributed by atoms with Gasteiger partial charge in [0.15, 0.2) is 11.0 Å². The molecule has 0 unspecified atom stereocenters. The second-order valence-electron chi connectivity index (χ2n) is 10.6. The van der Waals surface area contributed by atoms with Gasteiger partial charge in [-0.15, -0.1) is 0 Å². The van der Waals surface area contributed by atoms with E-state index in [4.69, 9.17) is 46.4 Å². The van der Waals surface area contributed by atoms with E-state index in [2.05, 4.69) is 10.3 Å². The fraction of sp³-hybridized carbons (Fsp3) is 0.414. The van der Waals surface area contributed by atoms with Gasteiger partial charge in [0.2, 0.25) is 0 Å². The Labute approximate surface area is 289 Å². The number of aromatic nitrogens is 2. The van der Waals surface area contributed by atoms with Crippen LogP contribution in [0.5, 0.6) is 0 Å². The number of benzene rings is 2. The molecule has 46 heavy (non-hydrogen) atoms. The van der Waals surface area contributed by atoms with E-state index in [-0.39, 0.29) is 29.8 Å². The van der Waals surface area contributed by atoms with Crippen molar-refractivity contribution in [3.05, 3.63) is 67.1 Å². The Hall–Kier alpha value is -2.07. The number of nitrogens with zero attached hydrogens (tertiary/aromatic N) is 2. The van der Waals surface area contributed by atoms with Gasteiger partial charge < -0.3 is 15.7 Å². The molecule has 5 N–H and O–H groups in total. The van der Waals surface area contributed by atoms with Crippen LogP contribution in [-0.4, -0.2) is 54.5 Å². The van der Waals surface area contributed by atoms with Crippen molar-refractivity contribution in [3.8, 4) is 0 Å². The first-order valence-electron chi connectivity index (χ1n) is 14.4. The molecule has 0 spiro atoms. The lowest BCUT2D eigenvalue weighted by atomic mass is 10.1. The Morgan fingerprint density at radius 2 is 1.46 bits per heavy atom. The van der Waals surface area contributed by atoms with Gasteiger partial charge in [-0.1, -0.05) is 66.3 Å². The van der Waals surface area contributed by atoms with Crippen molar-refractivity contribution >= 4 is 95.1 Å². The zero-order valence-corrected chi connectivity index (χ0v) is 29.8.